The third-order valence-corrected chi connectivity index (χ3v) is 8.24. The van der Waals surface area contributed by atoms with E-state index in [1.807, 2.05) is 19.1 Å². The average molecular weight is 525 g/mol. The maximum atomic E-state index is 14.6. The summed E-state index contributed by atoms with van der Waals surface area (Å²) < 4.78 is 29.3. The molecule has 0 amide bonds. The Kier molecular flexibility index (Phi) is 10.1. The summed E-state index contributed by atoms with van der Waals surface area (Å²) in [5.41, 5.74) is 2.89. The Hall–Kier alpha value is -2.57. The van der Waals surface area contributed by atoms with E-state index >= 15 is 0 Å². The number of alkyl halides is 2. The van der Waals surface area contributed by atoms with Gasteiger partial charge < -0.3 is 15.4 Å². The van der Waals surface area contributed by atoms with Gasteiger partial charge in [0.1, 0.15) is 0 Å². The number of hydrogen-bond acceptors (Lipinski definition) is 3. The number of nitrogens with one attached hydrogen (secondary N) is 2. The number of hydrogen-bond donors (Lipinski definition) is 3. The highest BCUT2D eigenvalue weighted by molar-refractivity contribution is 5.86. The SMILES string of the molecule is CCC(CCCCCCNCC(O)c1ccc(C2CCC2)c2[nH]c(=O)ccc12)CC(F)(F)c1ccccc1. The van der Waals surface area contributed by atoms with Crippen molar-refractivity contribution in [3.8, 4) is 0 Å². The van der Waals surface area contributed by atoms with E-state index in [0.29, 0.717) is 12.5 Å². The zero-order valence-electron chi connectivity index (χ0n) is 22.5. The number of aliphatic hydroxyl groups is 1. The van der Waals surface area contributed by atoms with Gasteiger partial charge in [-0.25, -0.2) is 8.78 Å². The topological polar surface area (TPSA) is 65.1 Å². The smallest absolute Gasteiger partial charge is 0.273 e. The standard InChI is InChI=1S/C32H42F2N2O2/c1-2-23(21-32(33,34)25-14-7-5-8-15-25)11-6-3-4-9-20-35-22-29(37)27-17-16-26(24-12-10-13-24)31-28(27)18-19-30(38)36-31/h5,7-8,14-19,23-24,29,35,37H,2-4,6,9-13,20-22H2,1H3,(H,36,38). The molecule has 4 nitrogen and oxygen atoms in total. The Labute approximate surface area is 224 Å². The van der Waals surface area contributed by atoms with Gasteiger partial charge in [-0.15, -0.1) is 0 Å². The second-order valence-corrected chi connectivity index (χ2v) is 11.0. The minimum absolute atomic E-state index is 0.0268. The van der Waals surface area contributed by atoms with Crippen LogP contribution in [0.2, 0.25) is 0 Å². The molecule has 1 fully saturated rings. The van der Waals surface area contributed by atoms with Crippen molar-refractivity contribution in [1.29, 1.82) is 0 Å². The molecule has 3 aromatic rings. The molecular weight excluding hydrogens is 482 g/mol. The van der Waals surface area contributed by atoms with E-state index in [1.165, 1.54) is 30.2 Å². The third kappa shape index (κ3) is 7.29. The van der Waals surface area contributed by atoms with E-state index in [-0.39, 0.29) is 23.5 Å². The van der Waals surface area contributed by atoms with Crippen LogP contribution in [-0.2, 0) is 5.92 Å². The Balaban J connectivity index is 1.17. The quantitative estimate of drug-likeness (QED) is 0.180. The van der Waals surface area contributed by atoms with Gasteiger partial charge in [-0.1, -0.05) is 87.9 Å². The van der Waals surface area contributed by atoms with Crippen LogP contribution in [0.15, 0.2) is 59.4 Å². The van der Waals surface area contributed by atoms with Crippen molar-refractivity contribution >= 4 is 10.9 Å². The zero-order chi connectivity index (χ0) is 27.0. The molecule has 1 aliphatic rings. The summed E-state index contributed by atoms with van der Waals surface area (Å²) in [6.07, 6.45) is 8.38. The van der Waals surface area contributed by atoms with E-state index in [0.717, 1.165) is 74.4 Å². The minimum Gasteiger partial charge on any atom is -0.387 e. The highest BCUT2D eigenvalue weighted by Crippen LogP contribution is 2.40. The molecule has 0 bridgehead atoms. The van der Waals surface area contributed by atoms with Gasteiger partial charge in [-0.05, 0) is 54.8 Å². The van der Waals surface area contributed by atoms with Crippen LogP contribution in [-0.4, -0.2) is 23.2 Å². The van der Waals surface area contributed by atoms with Gasteiger partial charge in [0, 0.05) is 30.0 Å². The molecule has 2 aromatic carbocycles. The lowest BCUT2D eigenvalue weighted by molar-refractivity contribution is -0.0309. The number of aromatic nitrogens is 1. The third-order valence-electron chi connectivity index (χ3n) is 8.24. The van der Waals surface area contributed by atoms with Gasteiger partial charge in [0.05, 0.1) is 11.6 Å². The fraction of sp³-hybridized carbons (Fsp3) is 0.531. The lowest BCUT2D eigenvalue weighted by atomic mass is 9.78. The molecule has 0 spiro atoms. The number of halogens is 2. The molecule has 0 aliphatic heterocycles. The molecule has 0 radical (unpaired) electrons. The van der Waals surface area contributed by atoms with Gasteiger partial charge >= 0.3 is 0 Å². The molecule has 1 heterocycles. The van der Waals surface area contributed by atoms with Crippen LogP contribution < -0.4 is 10.9 Å². The van der Waals surface area contributed by atoms with Crippen molar-refractivity contribution in [1.82, 2.24) is 10.3 Å². The summed E-state index contributed by atoms with van der Waals surface area (Å²) in [4.78, 5) is 15.0. The first-order valence-corrected chi connectivity index (χ1v) is 14.4. The number of fused-ring (bicyclic) bond motifs is 1. The van der Waals surface area contributed by atoms with Crippen molar-refractivity contribution in [2.45, 2.75) is 89.1 Å². The lowest BCUT2D eigenvalue weighted by Crippen LogP contribution is -2.23. The van der Waals surface area contributed by atoms with E-state index in [9.17, 15) is 18.7 Å². The van der Waals surface area contributed by atoms with Gasteiger partial charge in [0.25, 0.3) is 5.92 Å². The molecule has 1 aliphatic carbocycles. The summed E-state index contributed by atoms with van der Waals surface area (Å²) in [6.45, 7) is 3.25. The van der Waals surface area contributed by atoms with E-state index in [2.05, 4.69) is 16.4 Å². The Morgan fingerprint density at radius 3 is 2.50 bits per heavy atom. The van der Waals surface area contributed by atoms with Gasteiger partial charge in [-0.2, -0.15) is 0 Å². The average Bonchev–Trinajstić information content (AvgIpc) is 2.89. The molecule has 3 N–H and O–H groups in total. The van der Waals surface area contributed by atoms with Crippen molar-refractivity contribution in [2.24, 2.45) is 5.92 Å². The highest BCUT2D eigenvalue weighted by atomic mass is 19.3. The second-order valence-electron chi connectivity index (χ2n) is 11.0. The monoisotopic (exact) mass is 524 g/mol. The van der Waals surface area contributed by atoms with Crippen molar-refractivity contribution in [3.63, 3.8) is 0 Å². The molecule has 1 saturated carbocycles. The Bertz CT molecular complexity index is 1210. The molecule has 38 heavy (non-hydrogen) atoms. The molecule has 206 valence electrons. The van der Waals surface area contributed by atoms with Gasteiger partial charge in [-0.3, -0.25) is 4.79 Å². The van der Waals surface area contributed by atoms with Crippen molar-refractivity contribution < 1.29 is 13.9 Å². The zero-order valence-corrected chi connectivity index (χ0v) is 22.5. The first kappa shape index (κ1) is 28.4. The fourth-order valence-corrected chi connectivity index (χ4v) is 5.64. The molecule has 6 heteroatoms. The maximum Gasteiger partial charge on any atom is 0.273 e. The molecule has 2 atom stereocenters. The predicted molar refractivity (Wildman–Crippen MR) is 151 cm³/mol. The first-order chi connectivity index (χ1) is 18.4. The first-order valence-electron chi connectivity index (χ1n) is 14.4. The normalized spacial score (nSPS) is 15.9. The largest absolute Gasteiger partial charge is 0.387 e. The summed E-state index contributed by atoms with van der Waals surface area (Å²) >= 11 is 0. The van der Waals surface area contributed by atoms with Gasteiger partial charge in [0.15, 0.2) is 0 Å². The van der Waals surface area contributed by atoms with Crippen LogP contribution in [0.4, 0.5) is 8.78 Å². The molecular formula is C32H42F2N2O2. The van der Waals surface area contributed by atoms with Crippen LogP contribution in [0.3, 0.4) is 0 Å². The summed E-state index contributed by atoms with van der Waals surface area (Å²) in [7, 11) is 0. The van der Waals surface area contributed by atoms with E-state index in [1.54, 1.807) is 18.2 Å². The van der Waals surface area contributed by atoms with E-state index < -0.39 is 12.0 Å². The number of pyridine rings is 1. The van der Waals surface area contributed by atoms with E-state index in [4.69, 9.17) is 0 Å². The van der Waals surface area contributed by atoms with Crippen LogP contribution in [0.5, 0.6) is 0 Å². The van der Waals surface area contributed by atoms with Crippen molar-refractivity contribution in [3.05, 3.63) is 81.6 Å². The van der Waals surface area contributed by atoms with Gasteiger partial charge in [0.2, 0.25) is 5.56 Å². The minimum atomic E-state index is -2.77. The fourth-order valence-electron chi connectivity index (χ4n) is 5.64. The number of H-pyrrole nitrogens is 1. The van der Waals surface area contributed by atoms with Crippen LogP contribution >= 0.6 is 0 Å². The number of rotatable bonds is 15. The molecule has 1 aromatic heterocycles. The van der Waals surface area contributed by atoms with Crippen LogP contribution in [0.1, 0.15) is 99.8 Å². The summed E-state index contributed by atoms with van der Waals surface area (Å²) in [6, 6.07) is 15.6. The second kappa shape index (κ2) is 13.5. The summed E-state index contributed by atoms with van der Waals surface area (Å²) in [5.74, 6) is -2.25. The number of benzene rings is 2. The Morgan fingerprint density at radius 2 is 1.79 bits per heavy atom. The van der Waals surface area contributed by atoms with Crippen molar-refractivity contribution in [2.75, 3.05) is 13.1 Å². The van der Waals surface area contributed by atoms with Crippen LogP contribution in [0, 0.1) is 5.92 Å². The molecule has 4 rings (SSSR count). The Morgan fingerprint density at radius 1 is 1.03 bits per heavy atom. The molecule has 0 saturated heterocycles. The number of unbranched alkanes of at least 4 members (excludes halogenated alkanes) is 3. The maximum absolute atomic E-state index is 14.6. The highest BCUT2D eigenvalue weighted by Gasteiger charge is 2.33. The number of aromatic amines is 1. The number of aliphatic hydroxyl groups excluding tert-OH is 1. The lowest BCUT2D eigenvalue weighted by Gasteiger charge is -2.27. The predicted octanol–water partition coefficient (Wildman–Crippen LogP) is 7.58. The van der Waals surface area contributed by atoms with Crippen LogP contribution in [0.25, 0.3) is 10.9 Å². The molecule has 2 unspecified atom stereocenters. The summed E-state index contributed by atoms with van der Waals surface area (Å²) in [5, 5.41) is 15.2.